The Morgan fingerprint density at radius 2 is 1.17 bits per heavy atom. The highest BCUT2D eigenvalue weighted by molar-refractivity contribution is 9.10. The van der Waals surface area contributed by atoms with Crippen LogP contribution in [0.2, 0.25) is 0 Å². The summed E-state index contributed by atoms with van der Waals surface area (Å²) in [6.45, 7) is 0. The first-order valence-electron chi connectivity index (χ1n) is 7.50. The van der Waals surface area contributed by atoms with E-state index in [9.17, 15) is 0 Å². The molecule has 0 bridgehead atoms. The van der Waals surface area contributed by atoms with Gasteiger partial charge in [-0.05, 0) is 47.5 Å². The maximum atomic E-state index is 3.60. The van der Waals surface area contributed by atoms with E-state index in [2.05, 4.69) is 104 Å². The van der Waals surface area contributed by atoms with E-state index in [0.29, 0.717) is 0 Å². The molecule has 4 rings (SSSR count). The highest BCUT2D eigenvalue weighted by Gasteiger charge is 2.12. The van der Waals surface area contributed by atoms with E-state index in [0.717, 1.165) is 15.4 Å². The van der Waals surface area contributed by atoms with Crippen molar-refractivity contribution in [1.82, 2.24) is 9.13 Å². The van der Waals surface area contributed by atoms with Gasteiger partial charge in [-0.2, -0.15) is 0 Å². The fraction of sp³-hybridized carbons (Fsp3) is 0.158. The molecule has 0 fully saturated rings. The molecule has 0 saturated heterocycles. The van der Waals surface area contributed by atoms with Gasteiger partial charge >= 0.3 is 0 Å². The first-order chi connectivity index (χ1) is 11.0. The minimum atomic E-state index is 0.932. The van der Waals surface area contributed by atoms with Gasteiger partial charge in [-0.25, -0.2) is 0 Å². The van der Waals surface area contributed by atoms with Crippen LogP contribution in [0.1, 0.15) is 11.1 Å². The van der Waals surface area contributed by atoms with Gasteiger partial charge in [0, 0.05) is 63.7 Å². The van der Waals surface area contributed by atoms with Crippen LogP contribution in [0.5, 0.6) is 0 Å². The number of benzene rings is 2. The summed E-state index contributed by atoms with van der Waals surface area (Å²) in [6.07, 6.45) is 5.42. The Balaban J connectivity index is 1.88. The molecular weight excluding hydrogens is 416 g/mol. The normalized spacial score (nSPS) is 11.7. The predicted octanol–water partition coefficient (Wildman–Crippen LogP) is 5.79. The average Bonchev–Trinajstić information content (AvgIpc) is 2.97. The van der Waals surface area contributed by atoms with Crippen LogP contribution in [0.4, 0.5) is 0 Å². The topological polar surface area (TPSA) is 9.86 Å². The third-order valence-corrected chi connectivity index (χ3v) is 5.44. The summed E-state index contributed by atoms with van der Waals surface area (Å²) in [5, 5.41) is 2.63. The van der Waals surface area contributed by atoms with Gasteiger partial charge in [-0.15, -0.1) is 0 Å². The van der Waals surface area contributed by atoms with E-state index in [1.807, 2.05) is 0 Å². The van der Waals surface area contributed by atoms with E-state index in [4.69, 9.17) is 0 Å². The Bertz CT molecular complexity index is 957. The zero-order valence-corrected chi connectivity index (χ0v) is 16.1. The lowest BCUT2D eigenvalue weighted by Gasteiger charge is -2.00. The molecule has 2 nitrogen and oxygen atoms in total. The Morgan fingerprint density at radius 3 is 1.61 bits per heavy atom. The van der Waals surface area contributed by atoms with Crippen LogP contribution >= 0.6 is 31.9 Å². The van der Waals surface area contributed by atoms with E-state index < -0.39 is 0 Å². The van der Waals surface area contributed by atoms with Gasteiger partial charge in [-0.1, -0.05) is 31.9 Å². The second-order valence-corrected chi connectivity index (χ2v) is 7.86. The number of halogens is 2. The summed E-state index contributed by atoms with van der Waals surface area (Å²) in [6, 6.07) is 13.0. The molecule has 2 aromatic carbocycles. The third kappa shape index (κ3) is 2.54. The highest BCUT2D eigenvalue weighted by atomic mass is 79.9. The lowest BCUT2D eigenvalue weighted by atomic mass is 10.0. The molecule has 0 aliphatic heterocycles. The maximum absolute atomic E-state index is 3.60. The summed E-state index contributed by atoms with van der Waals surface area (Å²) < 4.78 is 6.66. The predicted molar refractivity (Wildman–Crippen MR) is 104 cm³/mol. The Kier molecular flexibility index (Phi) is 3.62. The average molecular weight is 432 g/mol. The summed E-state index contributed by atoms with van der Waals surface area (Å²) in [5.74, 6) is 0. The second-order valence-electron chi connectivity index (χ2n) is 6.03. The van der Waals surface area contributed by atoms with Gasteiger partial charge in [0.05, 0.1) is 0 Å². The first kappa shape index (κ1) is 15.0. The van der Waals surface area contributed by atoms with Gasteiger partial charge in [0.25, 0.3) is 0 Å². The molecule has 0 amide bonds. The quantitative estimate of drug-likeness (QED) is 0.380. The zero-order valence-electron chi connectivity index (χ0n) is 13.0. The van der Waals surface area contributed by atoms with Crippen LogP contribution < -0.4 is 0 Å². The number of hydrogen-bond acceptors (Lipinski definition) is 0. The molecule has 2 heterocycles. The van der Waals surface area contributed by atoms with Crippen LogP contribution in [0.15, 0.2) is 57.7 Å². The number of fused-ring (bicyclic) bond motifs is 2. The molecule has 2 aromatic heterocycles. The molecule has 4 heteroatoms. The monoisotopic (exact) mass is 430 g/mol. The van der Waals surface area contributed by atoms with Crippen molar-refractivity contribution in [3.8, 4) is 0 Å². The fourth-order valence-electron chi connectivity index (χ4n) is 3.38. The molecule has 0 saturated carbocycles. The Morgan fingerprint density at radius 1 is 0.739 bits per heavy atom. The summed E-state index contributed by atoms with van der Waals surface area (Å²) in [7, 11) is 4.22. The highest BCUT2D eigenvalue weighted by Crippen LogP contribution is 2.30. The van der Waals surface area contributed by atoms with Crippen LogP contribution in [0.3, 0.4) is 0 Å². The van der Waals surface area contributed by atoms with Crippen molar-refractivity contribution < 1.29 is 0 Å². The van der Waals surface area contributed by atoms with Crippen molar-refractivity contribution >= 4 is 53.7 Å². The van der Waals surface area contributed by atoms with Crippen LogP contribution in [0.25, 0.3) is 21.8 Å². The molecule has 0 radical (unpaired) electrons. The minimum absolute atomic E-state index is 0.932. The van der Waals surface area contributed by atoms with Crippen molar-refractivity contribution in [2.75, 3.05) is 0 Å². The van der Waals surface area contributed by atoms with Crippen molar-refractivity contribution in [3.05, 3.63) is 68.9 Å². The van der Waals surface area contributed by atoms with Gasteiger partial charge in [0.2, 0.25) is 0 Å². The van der Waals surface area contributed by atoms with E-state index in [1.54, 1.807) is 0 Å². The van der Waals surface area contributed by atoms with Crippen LogP contribution in [-0.4, -0.2) is 9.13 Å². The molecule has 0 aliphatic carbocycles. The molecule has 0 N–H and O–H groups in total. The van der Waals surface area contributed by atoms with Crippen molar-refractivity contribution in [1.29, 1.82) is 0 Å². The van der Waals surface area contributed by atoms with Crippen molar-refractivity contribution in [2.45, 2.75) is 6.42 Å². The van der Waals surface area contributed by atoms with Gasteiger partial charge < -0.3 is 9.13 Å². The van der Waals surface area contributed by atoms with Gasteiger partial charge in [0.1, 0.15) is 0 Å². The lowest BCUT2D eigenvalue weighted by Crippen LogP contribution is -1.86. The Hall–Kier alpha value is -1.52. The summed E-state index contributed by atoms with van der Waals surface area (Å²) in [5.41, 5.74) is 5.25. The van der Waals surface area contributed by atoms with E-state index in [1.165, 1.54) is 32.9 Å². The molecule has 23 heavy (non-hydrogen) atoms. The third-order valence-electron chi connectivity index (χ3n) is 4.45. The number of rotatable bonds is 2. The molecule has 0 atom stereocenters. The standard InChI is InChI=1S/C19H16Br2N2/c1-22-10-12(16-8-14(20)3-5-18(16)22)7-13-11-23(2)19-6-4-15(21)9-17(13)19/h3-6,8-11H,7H2,1-2H3. The second kappa shape index (κ2) is 5.53. The summed E-state index contributed by atoms with van der Waals surface area (Å²) in [4.78, 5) is 0. The molecular formula is C19H16Br2N2. The Labute approximate surface area is 152 Å². The number of hydrogen-bond donors (Lipinski definition) is 0. The minimum Gasteiger partial charge on any atom is -0.350 e. The SMILES string of the molecule is Cn1cc(Cc2cn(C)c3ccc(Br)cc23)c2cc(Br)ccc21. The van der Waals surface area contributed by atoms with Gasteiger partial charge in [-0.3, -0.25) is 0 Å². The number of nitrogens with zero attached hydrogens (tertiary/aromatic N) is 2. The first-order valence-corrected chi connectivity index (χ1v) is 9.08. The number of aromatic nitrogens is 2. The van der Waals surface area contributed by atoms with Crippen molar-refractivity contribution in [3.63, 3.8) is 0 Å². The fourth-order valence-corrected chi connectivity index (χ4v) is 4.10. The maximum Gasteiger partial charge on any atom is 0.0481 e. The van der Waals surface area contributed by atoms with Crippen molar-refractivity contribution in [2.24, 2.45) is 14.1 Å². The molecule has 0 aliphatic rings. The molecule has 4 aromatic rings. The van der Waals surface area contributed by atoms with Crippen LogP contribution in [0, 0.1) is 0 Å². The van der Waals surface area contributed by atoms with E-state index in [-0.39, 0.29) is 0 Å². The molecule has 0 unspecified atom stereocenters. The number of aryl methyl sites for hydroxylation is 2. The molecule has 0 spiro atoms. The zero-order chi connectivity index (χ0) is 16.1. The molecule has 116 valence electrons. The summed E-state index contributed by atoms with van der Waals surface area (Å²) >= 11 is 7.19. The largest absolute Gasteiger partial charge is 0.350 e. The smallest absolute Gasteiger partial charge is 0.0481 e. The van der Waals surface area contributed by atoms with Crippen LogP contribution in [-0.2, 0) is 20.5 Å². The van der Waals surface area contributed by atoms with Gasteiger partial charge in [0.15, 0.2) is 0 Å². The van der Waals surface area contributed by atoms with E-state index >= 15 is 0 Å². The lowest BCUT2D eigenvalue weighted by molar-refractivity contribution is 0.948.